The van der Waals surface area contributed by atoms with Crippen LogP contribution in [0.5, 0.6) is 0 Å². The molecule has 49 valence electrons. The Bertz CT molecular complexity index is 142. The van der Waals surface area contributed by atoms with Crippen molar-refractivity contribution in [1.82, 2.24) is 0 Å². The first-order valence-corrected chi connectivity index (χ1v) is 4.25. The molecule has 0 aromatic carbocycles. The SMILES string of the molecule is CCCCc1[c]ccs1. The molecule has 9 heavy (non-hydrogen) atoms. The zero-order valence-corrected chi connectivity index (χ0v) is 6.50. The number of hydrogen-bond acceptors (Lipinski definition) is 1. The second-order valence-electron chi connectivity index (χ2n) is 2.09. The summed E-state index contributed by atoms with van der Waals surface area (Å²) in [5.41, 5.74) is 0. The van der Waals surface area contributed by atoms with Crippen molar-refractivity contribution in [2.24, 2.45) is 0 Å². The minimum Gasteiger partial charge on any atom is -0.148 e. The van der Waals surface area contributed by atoms with Crippen LogP contribution in [0.4, 0.5) is 0 Å². The second kappa shape index (κ2) is 3.67. The molecule has 0 unspecified atom stereocenters. The average molecular weight is 139 g/mol. The molecule has 0 saturated carbocycles. The summed E-state index contributed by atoms with van der Waals surface area (Å²) >= 11 is 1.81. The summed E-state index contributed by atoms with van der Waals surface area (Å²) in [6.07, 6.45) is 3.80. The summed E-state index contributed by atoms with van der Waals surface area (Å²) in [6, 6.07) is 5.19. The Balaban J connectivity index is 2.30. The first kappa shape index (κ1) is 6.81. The average Bonchev–Trinajstić information content (AvgIpc) is 2.34. The van der Waals surface area contributed by atoms with Gasteiger partial charge < -0.3 is 0 Å². The van der Waals surface area contributed by atoms with Gasteiger partial charge in [0.05, 0.1) is 0 Å². The van der Waals surface area contributed by atoms with Gasteiger partial charge in [0.15, 0.2) is 0 Å². The summed E-state index contributed by atoms with van der Waals surface area (Å²) in [4.78, 5) is 1.40. The highest BCUT2D eigenvalue weighted by atomic mass is 32.1. The summed E-state index contributed by atoms with van der Waals surface area (Å²) < 4.78 is 0. The lowest BCUT2D eigenvalue weighted by Gasteiger charge is -1.89. The smallest absolute Gasteiger partial charge is 0.0124 e. The molecule has 1 heteroatoms. The Labute approximate surface area is 60.5 Å². The van der Waals surface area contributed by atoms with Crippen LogP contribution in [0.2, 0.25) is 0 Å². The number of rotatable bonds is 3. The third kappa shape index (κ3) is 2.19. The Hall–Kier alpha value is -0.300. The zero-order valence-electron chi connectivity index (χ0n) is 5.68. The van der Waals surface area contributed by atoms with Crippen molar-refractivity contribution in [1.29, 1.82) is 0 Å². The molecule has 0 amide bonds. The Morgan fingerprint density at radius 1 is 1.67 bits per heavy atom. The molecule has 0 aliphatic heterocycles. The van der Waals surface area contributed by atoms with Crippen LogP contribution in [-0.4, -0.2) is 0 Å². The van der Waals surface area contributed by atoms with Gasteiger partial charge in [0, 0.05) is 4.88 Å². The summed E-state index contributed by atoms with van der Waals surface area (Å²) in [6.45, 7) is 2.22. The lowest BCUT2D eigenvalue weighted by molar-refractivity contribution is 0.803. The van der Waals surface area contributed by atoms with Crippen LogP contribution in [-0.2, 0) is 6.42 Å². The summed E-state index contributed by atoms with van der Waals surface area (Å²) in [5.74, 6) is 0. The highest BCUT2D eigenvalue weighted by Crippen LogP contribution is 2.10. The van der Waals surface area contributed by atoms with E-state index < -0.39 is 0 Å². The zero-order chi connectivity index (χ0) is 6.53. The minimum atomic E-state index is 1.22. The largest absolute Gasteiger partial charge is 0.148 e. The minimum absolute atomic E-state index is 1.22. The predicted molar refractivity (Wildman–Crippen MR) is 41.8 cm³/mol. The van der Waals surface area contributed by atoms with E-state index >= 15 is 0 Å². The van der Waals surface area contributed by atoms with Crippen molar-refractivity contribution in [3.63, 3.8) is 0 Å². The van der Waals surface area contributed by atoms with Gasteiger partial charge in [-0.25, -0.2) is 0 Å². The van der Waals surface area contributed by atoms with Crippen LogP contribution in [0, 0.1) is 6.07 Å². The Morgan fingerprint density at radius 2 is 2.56 bits per heavy atom. The highest BCUT2D eigenvalue weighted by Gasteiger charge is 1.90. The molecule has 0 N–H and O–H groups in total. The molecule has 0 aliphatic carbocycles. The van der Waals surface area contributed by atoms with Gasteiger partial charge >= 0.3 is 0 Å². The van der Waals surface area contributed by atoms with Crippen molar-refractivity contribution in [2.45, 2.75) is 26.2 Å². The Kier molecular flexibility index (Phi) is 2.78. The first-order valence-electron chi connectivity index (χ1n) is 3.37. The fraction of sp³-hybridized carbons (Fsp3) is 0.500. The monoisotopic (exact) mass is 139 g/mol. The van der Waals surface area contributed by atoms with Crippen molar-refractivity contribution >= 4 is 11.3 Å². The van der Waals surface area contributed by atoms with Gasteiger partial charge in [0.1, 0.15) is 0 Å². The van der Waals surface area contributed by atoms with Crippen LogP contribution in [0.3, 0.4) is 0 Å². The van der Waals surface area contributed by atoms with E-state index in [4.69, 9.17) is 0 Å². The molecule has 0 nitrogen and oxygen atoms in total. The van der Waals surface area contributed by atoms with E-state index in [1.807, 2.05) is 17.4 Å². The van der Waals surface area contributed by atoms with Gasteiger partial charge in [-0.15, -0.1) is 11.3 Å². The molecule has 1 aromatic rings. The fourth-order valence-corrected chi connectivity index (χ4v) is 1.44. The molecule has 0 saturated heterocycles. The molecule has 0 aliphatic rings. The number of thiophene rings is 1. The highest BCUT2D eigenvalue weighted by molar-refractivity contribution is 7.09. The van der Waals surface area contributed by atoms with E-state index in [9.17, 15) is 0 Å². The molecule has 1 radical (unpaired) electrons. The maximum atomic E-state index is 3.19. The van der Waals surface area contributed by atoms with Crippen molar-refractivity contribution in [3.05, 3.63) is 22.4 Å². The first-order chi connectivity index (χ1) is 4.43. The van der Waals surface area contributed by atoms with E-state index in [2.05, 4.69) is 18.4 Å². The maximum absolute atomic E-state index is 3.19. The van der Waals surface area contributed by atoms with Crippen LogP contribution >= 0.6 is 11.3 Å². The normalized spacial score (nSPS) is 9.89. The number of unbranched alkanes of at least 4 members (excludes halogenated alkanes) is 1. The van der Waals surface area contributed by atoms with Gasteiger partial charge in [-0.05, 0) is 30.4 Å². The van der Waals surface area contributed by atoms with E-state index in [1.54, 1.807) is 0 Å². The van der Waals surface area contributed by atoms with Gasteiger partial charge in [-0.1, -0.05) is 13.3 Å². The second-order valence-corrected chi connectivity index (χ2v) is 3.09. The lowest BCUT2D eigenvalue weighted by Crippen LogP contribution is -1.76. The lowest BCUT2D eigenvalue weighted by atomic mass is 10.2. The molecule has 1 heterocycles. The molecule has 1 aromatic heterocycles. The van der Waals surface area contributed by atoms with Crippen LogP contribution in [0.25, 0.3) is 0 Å². The maximum Gasteiger partial charge on any atom is 0.0124 e. The van der Waals surface area contributed by atoms with E-state index in [-0.39, 0.29) is 0 Å². The van der Waals surface area contributed by atoms with E-state index in [0.29, 0.717) is 0 Å². The fourth-order valence-electron chi connectivity index (χ4n) is 0.746. The predicted octanol–water partition coefficient (Wildman–Crippen LogP) is 2.89. The number of aryl methyl sites for hydroxylation is 1. The standard InChI is InChI=1S/C8H11S/c1-2-3-5-8-6-4-7-9-8/h4,7H,2-3,5H2,1H3. The molecular weight excluding hydrogens is 128 g/mol. The van der Waals surface area contributed by atoms with Crippen molar-refractivity contribution < 1.29 is 0 Å². The third-order valence-corrected chi connectivity index (χ3v) is 2.16. The molecule has 1 rings (SSSR count). The molecule has 0 atom stereocenters. The van der Waals surface area contributed by atoms with Gasteiger partial charge in [-0.3, -0.25) is 0 Å². The van der Waals surface area contributed by atoms with Crippen LogP contribution in [0.1, 0.15) is 24.6 Å². The Morgan fingerprint density at radius 3 is 3.11 bits per heavy atom. The van der Waals surface area contributed by atoms with Gasteiger partial charge in [0.2, 0.25) is 0 Å². The molecule has 0 fully saturated rings. The van der Waals surface area contributed by atoms with E-state index in [1.165, 1.54) is 24.1 Å². The summed E-state index contributed by atoms with van der Waals surface area (Å²) in [5, 5.41) is 2.09. The van der Waals surface area contributed by atoms with Crippen molar-refractivity contribution in [3.8, 4) is 0 Å². The number of hydrogen-bond donors (Lipinski definition) is 0. The van der Waals surface area contributed by atoms with E-state index in [0.717, 1.165) is 0 Å². The molecule has 0 bridgehead atoms. The van der Waals surface area contributed by atoms with Crippen LogP contribution in [0.15, 0.2) is 11.4 Å². The van der Waals surface area contributed by atoms with Crippen molar-refractivity contribution in [2.75, 3.05) is 0 Å². The molecule has 0 spiro atoms. The quantitative estimate of drug-likeness (QED) is 0.604. The third-order valence-electron chi connectivity index (χ3n) is 1.28. The van der Waals surface area contributed by atoms with Gasteiger partial charge in [0.25, 0.3) is 0 Å². The summed E-state index contributed by atoms with van der Waals surface area (Å²) in [7, 11) is 0. The topological polar surface area (TPSA) is 0 Å². The molecular formula is C8H11S. The van der Waals surface area contributed by atoms with Crippen LogP contribution < -0.4 is 0 Å². The van der Waals surface area contributed by atoms with Gasteiger partial charge in [-0.2, -0.15) is 0 Å².